The first-order chi connectivity index (χ1) is 13.9. The molecule has 29 heavy (non-hydrogen) atoms. The molecule has 0 N–H and O–H groups in total. The average molecular weight is 421 g/mol. The molecule has 3 heterocycles. The molecule has 6 rings (SSSR count). The molecule has 0 atom stereocenters. The van der Waals surface area contributed by atoms with Gasteiger partial charge in [-0.3, -0.25) is 0 Å². The normalized spacial score (nSPS) is 14.5. The van der Waals surface area contributed by atoms with E-state index in [0.717, 1.165) is 27.6 Å². The molecular formula is C24H19ClNO2S-. The van der Waals surface area contributed by atoms with Gasteiger partial charge in [0.1, 0.15) is 4.83 Å². The van der Waals surface area contributed by atoms with Crippen LogP contribution >= 0.6 is 11.3 Å². The van der Waals surface area contributed by atoms with Crippen molar-refractivity contribution in [3.8, 4) is 33.9 Å². The van der Waals surface area contributed by atoms with E-state index in [9.17, 15) is 0 Å². The Balaban J connectivity index is 0.00000181. The van der Waals surface area contributed by atoms with Crippen molar-refractivity contribution in [2.24, 2.45) is 0 Å². The maximum absolute atomic E-state index is 5.58. The van der Waals surface area contributed by atoms with Crippen LogP contribution in [0.5, 0.6) is 11.5 Å². The fourth-order valence-electron chi connectivity index (χ4n) is 4.31. The molecule has 0 spiro atoms. The lowest BCUT2D eigenvalue weighted by atomic mass is 9.92. The van der Waals surface area contributed by atoms with E-state index in [1.54, 1.807) is 0 Å². The van der Waals surface area contributed by atoms with Crippen molar-refractivity contribution in [2.75, 3.05) is 6.79 Å². The number of benzene rings is 2. The topological polar surface area (TPSA) is 31.4 Å². The van der Waals surface area contributed by atoms with Gasteiger partial charge in [0.15, 0.2) is 11.5 Å². The molecule has 0 amide bonds. The van der Waals surface area contributed by atoms with Gasteiger partial charge in [-0.2, -0.15) is 0 Å². The Morgan fingerprint density at radius 3 is 2.55 bits per heavy atom. The summed E-state index contributed by atoms with van der Waals surface area (Å²) >= 11 is 1.88. The van der Waals surface area contributed by atoms with Crippen LogP contribution in [0.3, 0.4) is 0 Å². The van der Waals surface area contributed by atoms with E-state index in [-0.39, 0.29) is 19.2 Å². The molecule has 146 valence electrons. The van der Waals surface area contributed by atoms with Crippen LogP contribution in [0.2, 0.25) is 0 Å². The Morgan fingerprint density at radius 1 is 0.828 bits per heavy atom. The number of thiophene rings is 1. The minimum Gasteiger partial charge on any atom is -1.00 e. The van der Waals surface area contributed by atoms with E-state index in [2.05, 4.69) is 42.5 Å². The number of aromatic nitrogens is 1. The third kappa shape index (κ3) is 3.07. The van der Waals surface area contributed by atoms with Gasteiger partial charge in [0.25, 0.3) is 0 Å². The fourth-order valence-corrected chi connectivity index (χ4v) is 5.59. The third-order valence-electron chi connectivity index (χ3n) is 5.68. The number of ether oxygens (including phenoxy) is 2. The zero-order valence-electron chi connectivity index (χ0n) is 15.8. The van der Waals surface area contributed by atoms with Crippen molar-refractivity contribution in [3.05, 3.63) is 65.0 Å². The summed E-state index contributed by atoms with van der Waals surface area (Å²) in [5, 5.41) is 1.36. The highest BCUT2D eigenvalue weighted by Gasteiger charge is 2.22. The smallest absolute Gasteiger partial charge is 0.231 e. The van der Waals surface area contributed by atoms with E-state index >= 15 is 0 Å². The van der Waals surface area contributed by atoms with Crippen LogP contribution in [0.15, 0.2) is 54.6 Å². The van der Waals surface area contributed by atoms with E-state index < -0.39 is 0 Å². The maximum Gasteiger partial charge on any atom is 0.231 e. The molecule has 0 saturated carbocycles. The number of hydrogen-bond donors (Lipinski definition) is 0. The average Bonchev–Trinajstić information content (AvgIpc) is 3.37. The minimum absolute atomic E-state index is 0. The molecule has 2 aromatic heterocycles. The highest BCUT2D eigenvalue weighted by Crippen LogP contribution is 2.43. The van der Waals surface area contributed by atoms with Gasteiger partial charge >= 0.3 is 0 Å². The molecule has 1 aliphatic carbocycles. The highest BCUT2D eigenvalue weighted by molar-refractivity contribution is 7.19. The van der Waals surface area contributed by atoms with Crippen LogP contribution in [0.4, 0.5) is 0 Å². The number of aryl methyl sites for hydroxylation is 2. The number of nitrogens with zero attached hydrogens (tertiary/aromatic N) is 1. The summed E-state index contributed by atoms with van der Waals surface area (Å²) in [7, 11) is 0. The Labute approximate surface area is 179 Å². The fraction of sp³-hybridized carbons (Fsp3) is 0.208. The summed E-state index contributed by atoms with van der Waals surface area (Å²) in [6.07, 6.45) is 4.91. The van der Waals surface area contributed by atoms with Crippen LogP contribution in [0, 0.1) is 0 Å². The number of fused-ring (bicyclic) bond motifs is 4. The largest absolute Gasteiger partial charge is 1.00 e. The third-order valence-corrected chi connectivity index (χ3v) is 6.86. The SMILES string of the molecule is [Cl-].c1ccc(-c2cc(-c3ccc4c(c3)OCO4)nc3sc4c(c23)CCCC4)cc1. The molecule has 0 bridgehead atoms. The summed E-state index contributed by atoms with van der Waals surface area (Å²) in [6.45, 7) is 0.290. The van der Waals surface area contributed by atoms with Crippen molar-refractivity contribution < 1.29 is 21.9 Å². The van der Waals surface area contributed by atoms with E-state index in [1.165, 1.54) is 52.6 Å². The molecule has 1 aliphatic heterocycles. The Kier molecular flexibility index (Phi) is 4.69. The molecule has 5 heteroatoms. The van der Waals surface area contributed by atoms with Gasteiger partial charge in [-0.05, 0) is 66.6 Å². The van der Waals surface area contributed by atoms with Gasteiger partial charge in [0.05, 0.1) is 5.69 Å². The lowest BCUT2D eigenvalue weighted by molar-refractivity contribution is -0.00000691. The second-order valence-corrected chi connectivity index (χ2v) is 8.46. The lowest BCUT2D eigenvalue weighted by Gasteiger charge is -2.13. The van der Waals surface area contributed by atoms with Crippen molar-refractivity contribution in [2.45, 2.75) is 25.7 Å². The number of halogens is 1. The maximum atomic E-state index is 5.58. The van der Waals surface area contributed by atoms with Crippen molar-refractivity contribution >= 4 is 21.6 Å². The molecule has 2 aromatic carbocycles. The molecule has 4 aromatic rings. The van der Waals surface area contributed by atoms with Crippen molar-refractivity contribution in [3.63, 3.8) is 0 Å². The van der Waals surface area contributed by atoms with Gasteiger partial charge in [-0.1, -0.05) is 30.3 Å². The quantitative estimate of drug-likeness (QED) is 0.499. The summed E-state index contributed by atoms with van der Waals surface area (Å²) < 4.78 is 11.0. The Hall–Kier alpha value is -2.56. The zero-order valence-corrected chi connectivity index (χ0v) is 17.4. The first-order valence-electron chi connectivity index (χ1n) is 9.77. The lowest BCUT2D eigenvalue weighted by Crippen LogP contribution is -3.00. The van der Waals surface area contributed by atoms with Gasteiger partial charge in [0.2, 0.25) is 6.79 Å². The van der Waals surface area contributed by atoms with Crippen LogP contribution in [0.25, 0.3) is 32.6 Å². The summed E-state index contributed by atoms with van der Waals surface area (Å²) in [5.41, 5.74) is 6.12. The molecule has 3 nitrogen and oxygen atoms in total. The van der Waals surface area contributed by atoms with Crippen LogP contribution in [0.1, 0.15) is 23.3 Å². The molecule has 2 aliphatic rings. The van der Waals surface area contributed by atoms with Gasteiger partial charge in [-0.15, -0.1) is 11.3 Å². The first kappa shape index (κ1) is 18.5. The van der Waals surface area contributed by atoms with Gasteiger partial charge in [0, 0.05) is 15.8 Å². The molecule has 0 unspecified atom stereocenters. The second-order valence-electron chi connectivity index (χ2n) is 7.38. The standard InChI is InChI=1S/C24H19NO2S.ClH/c1-2-6-15(7-3-1)18-13-19(16-10-11-20-21(12-16)27-14-26-20)25-24-23(18)17-8-4-5-9-22(17)28-24;/h1-3,6-7,10-13H,4-5,8-9,14H2;1H/p-1. The summed E-state index contributed by atoms with van der Waals surface area (Å²) in [4.78, 5) is 7.76. The zero-order chi connectivity index (χ0) is 18.5. The van der Waals surface area contributed by atoms with Gasteiger partial charge in [-0.25, -0.2) is 4.98 Å². The Bertz CT molecular complexity index is 1200. The predicted octanol–water partition coefficient (Wildman–Crippen LogP) is 3.24. The van der Waals surface area contributed by atoms with E-state index in [0.29, 0.717) is 0 Å². The van der Waals surface area contributed by atoms with Gasteiger partial charge < -0.3 is 21.9 Å². The van der Waals surface area contributed by atoms with Crippen LogP contribution < -0.4 is 21.9 Å². The molecule has 0 fully saturated rings. The van der Waals surface area contributed by atoms with Crippen LogP contribution in [-0.2, 0) is 12.8 Å². The molecule has 0 saturated heterocycles. The van der Waals surface area contributed by atoms with Crippen molar-refractivity contribution in [1.29, 1.82) is 0 Å². The molecule has 0 radical (unpaired) electrons. The highest BCUT2D eigenvalue weighted by atomic mass is 35.5. The van der Waals surface area contributed by atoms with E-state index in [4.69, 9.17) is 14.5 Å². The summed E-state index contributed by atoms with van der Waals surface area (Å²) in [6, 6.07) is 19.0. The molecular weight excluding hydrogens is 402 g/mol. The Morgan fingerprint density at radius 2 is 1.66 bits per heavy atom. The van der Waals surface area contributed by atoms with Crippen molar-refractivity contribution in [1.82, 2.24) is 4.98 Å². The van der Waals surface area contributed by atoms with Crippen LogP contribution in [-0.4, -0.2) is 11.8 Å². The first-order valence-corrected chi connectivity index (χ1v) is 10.6. The number of pyridine rings is 1. The monoisotopic (exact) mass is 420 g/mol. The predicted molar refractivity (Wildman–Crippen MR) is 113 cm³/mol. The summed E-state index contributed by atoms with van der Waals surface area (Å²) in [5.74, 6) is 1.60. The minimum atomic E-state index is 0. The second kappa shape index (κ2) is 7.36. The number of hydrogen-bond acceptors (Lipinski definition) is 4. The number of rotatable bonds is 2. The van der Waals surface area contributed by atoms with E-state index in [1.807, 2.05) is 23.5 Å².